The van der Waals surface area contributed by atoms with E-state index in [0.29, 0.717) is 17.3 Å². The molecular weight excluding hydrogens is 228 g/mol. The van der Waals surface area contributed by atoms with Crippen LogP contribution in [0.3, 0.4) is 0 Å². The number of fused-ring (bicyclic) bond motifs is 1. The largest absolute Gasteiger partial charge is 0.382 e. The molecule has 3 aromatic rings. The molecule has 0 radical (unpaired) electrons. The highest BCUT2D eigenvalue weighted by atomic mass is 15.1. The Hall–Kier alpha value is -2.50. The SMILES string of the molecule is CCn1c(-c2nccnc2N)nc2cccnc21. The summed E-state index contributed by atoms with van der Waals surface area (Å²) < 4.78 is 1.98. The summed E-state index contributed by atoms with van der Waals surface area (Å²) in [6, 6.07) is 3.78. The van der Waals surface area contributed by atoms with Crippen LogP contribution in [0.15, 0.2) is 30.7 Å². The normalized spacial score (nSPS) is 10.9. The fourth-order valence-corrected chi connectivity index (χ4v) is 1.96. The van der Waals surface area contributed by atoms with Gasteiger partial charge in [-0.2, -0.15) is 0 Å². The molecule has 3 rings (SSSR count). The third-order valence-electron chi connectivity index (χ3n) is 2.76. The van der Waals surface area contributed by atoms with Crippen LogP contribution in [0.1, 0.15) is 6.92 Å². The Balaban J connectivity index is 2.32. The maximum absolute atomic E-state index is 5.85. The molecule has 0 spiro atoms. The van der Waals surface area contributed by atoms with Crippen molar-refractivity contribution >= 4 is 17.0 Å². The first kappa shape index (κ1) is 10.6. The van der Waals surface area contributed by atoms with E-state index in [9.17, 15) is 0 Å². The number of pyridine rings is 1. The van der Waals surface area contributed by atoms with Crippen LogP contribution in [0.4, 0.5) is 5.82 Å². The summed E-state index contributed by atoms with van der Waals surface area (Å²) in [6.07, 6.45) is 4.93. The molecule has 0 amide bonds. The zero-order valence-electron chi connectivity index (χ0n) is 9.91. The topological polar surface area (TPSA) is 82.5 Å². The molecule has 0 aliphatic rings. The van der Waals surface area contributed by atoms with Crippen molar-refractivity contribution in [3.05, 3.63) is 30.7 Å². The number of hydrogen-bond acceptors (Lipinski definition) is 5. The average molecular weight is 240 g/mol. The van der Waals surface area contributed by atoms with Gasteiger partial charge in [0.2, 0.25) is 0 Å². The molecule has 6 heteroatoms. The zero-order valence-corrected chi connectivity index (χ0v) is 9.91. The Morgan fingerprint density at radius 3 is 2.78 bits per heavy atom. The first-order chi connectivity index (χ1) is 8.81. The zero-order chi connectivity index (χ0) is 12.5. The van der Waals surface area contributed by atoms with Crippen LogP contribution in [0, 0.1) is 0 Å². The number of nitrogen functional groups attached to an aromatic ring is 1. The monoisotopic (exact) mass is 240 g/mol. The van der Waals surface area contributed by atoms with Crippen LogP contribution in [0.2, 0.25) is 0 Å². The molecule has 0 atom stereocenters. The number of anilines is 1. The lowest BCUT2D eigenvalue weighted by Crippen LogP contribution is -2.03. The lowest BCUT2D eigenvalue weighted by Gasteiger charge is -2.05. The summed E-state index contributed by atoms with van der Waals surface area (Å²) in [5, 5.41) is 0. The molecule has 0 bridgehead atoms. The number of nitrogens with zero attached hydrogens (tertiary/aromatic N) is 5. The van der Waals surface area contributed by atoms with E-state index in [0.717, 1.165) is 17.7 Å². The Morgan fingerprint density at radius 1 is 1.17 bits per heavy atom. The number of aryl methyl sites for hydroxylation is 1. The van der Waals surface area contributed by atoms with E-state index in [4.69, 9.17) is 5.73 Å². The van der Waals surface area contributed by atoms with Crippen molar-refractivity contribution in [3.8, 4) is 11.5 Å². The second-order valence-electron chi connectivity index (χ2n) is 3.82. The molecule has 6 nitrogen and oxygen atoms in total. The van der Waals surface area contributed by atoms with Gasteiger partial charge in [0.05, 0.1) is 0 Å². The van der Waals surface area contributed by atoms with Crippen LogP contribution in [-0.4, -0.2) is 24.5 Å². The molecule has 90 valence electrons. The Bertz CT molecular complexity index is 703. The summed E-state index contributed by atoms with van der Waals surface area (Å²) in [5.41, 5.74) is 8.11. The number of aromatic nitrogens is 5. The van der Waals surface area contributed by atoms with E-state index in [1.165, 1.54) is 0 Å². The summed E-state index contributed by atoms with van der Waals surface area (Å²) in [4.78, 5) is 17.2. The molecule has 0 fully saturated rings. The van der Waals surface area contributed by atoms with Crippen molar-refractivity contribution in [2.75, 3.05) is 5.73 Å². The number of nitrogens with two attached hydrogens (primary N) is 1. The molecule has 0 aromatic carbocycles. The molecule has 3 aromatic heterocycles. The molecule has 3 heterocycles. The first-order valence-corrected chi connectivity index (χ1v) is 5.69. The van der Waals surface area contributed by atoms with Gasteiger partial charge in [0.25, 0.3) is 0 Å². The lowest BCUT2D eigenvalue weighted by atomic mass is 10.4. The molecular formula is C12H12N6. The summed E-state index contributed by atoms with van der Waals surface area (Å²) >= 11 is 0. The Kier molecular flexibility index (Phi) is 2.40. The van der Waals surface area contributed by atoms with Gasteiger partial charge in [0.15, 0.2) is 17.3 Å². The maximum Gasteiger partial charge on any atom is 0.164 e. The van der Waals surface area contributed by atoms with Crippen LogP contribution in [0.25, 0.3) is 22.7 Å². The van der Waals surface area contributed by atoms with Gasteiger partial charge in [-0.25, -0.2) is 19.9 Å². The summed E-state index contributed by atoms with van der Waals surface area (Å²) in [6.45, 7) is 2.78. The summed E-state index contributed by atoms with van der Waals surface area (Å²) in [5.74, 6) is 1.08. The van der Waals surface area contributed by atoms with Gasteiger partial charge in [0.1, 0.15) is 11.2 Å². The minimum absolute atomic E-state index is 0.377. The minimum atomic E-state index is 0.377. The van der Waals surface area contributed by atoms with E-state index < -0.39 is 0 Å². The number of rotatable bonds is 2. The smallest absolute Gasteiger partial charge is 0.164 e. The van der Waals surface area contributed by atoms with Crippen molar-refractivity contribution in [2.45, 2.75) is 13.5 Å². The second kappa shape index (κ2) is 4.06. The first-order valence-electron chi connectivity index (χ1n) is 5.69. The molecule has 0 saturated carbocycles. The summed E-state index contributed by atoms with van der Waals surface area (Å²) in [7, 11) is 0. The molecule has 0 aliphatic heterocycles. The van der Waals surface area contributed by atoms with E-state index in [1.807, 2.05) is 23.6 Å². The van der Waals surface area contributed by atoms with Gasteiger partial charge in [-0.3, -0.25) is 0 Å². The maximum atomic E-state index is 5.85. The van der Waals surface area contributed by atoms with Crippen LogP contribution in [0.5, 0.6) is 0 Å². The van der Waals surface area contributed by atoms with Gasteiger partial charge in [0, 0.05) is 25.1 Å². The highest BCUT2D eigenvalue weighted by Crippen LogP contribution is 2.24. The van der Waals surface area contributed by atoms with E-state index in [1.54, 1.807) is 18.6 Å². The molecule has 2 N–H and O–H groups in total. The van der Waals surface area contributed by atoms with Crippen molar-refractivity contribution < 1.29 is 0 Å². The van der Waals surface area contributed by atoms with Crippen LogP contribution in [-0.2, 0) is 6.54 Å². The quantitative estimate of drug-likeness (QED) is 0.733. The Labute approximate surface area is 104 Å². The molecule has 18 heavy (non-hydrogen) atoms. The third kappa shape index (κ3) is 1.50. The van der Waals surface area contributed by atoms with E-state index in [2.05, 4.69) is 19.9 Å². The number of imidazole rings is 1. The van der Waals surface area contributed by atoms with Gasteiger partial charge in [-0.05, 0) is 19.1 Å². The minimum Gasteiger partial charge on any atom is -0.382 e. The average Bonchev–Trinajstić information content (AvgIpc) is 2.77. The standard InChI is InChI=1S/C12H12N6/c1-2-18-11-8(4-3-5-16-11)17-12(18)9-10(13)15-7-6-14-9/h3-7H,2H2,1H3,(H2,13,15). The van der Waals surface area contributed by atoms with Crippen molar-refractivity contribution in [3.63, 3.8) is 0 Å². The fourth-order valence-electron chi connectivity index (χ4n) is 1.96. The highest BCUT2D eigenvalue weighted by Gasteiger charge is 2.15. The van der Waals surface area contributed by atoms with Gasteiger partial charge in [-0.15, -0.1) is 0 Å². The van der Waals surface area contributed by atoms with Crippen molar-refractivity contribution in [1.82, 2.24) is 24.5 Å². The van der Waals surface area contributed by atoms with Gasteiger partial charge < -0.3 is 10.3 Å². The Morgan fingerprint density at radius 2 is 2.00 bits per heavy atom. The number of hydrogen-bond donors (Lipinski definition) is 1. The van der Waals surface area contributed by atoms with Crippen molar-refractivity contribution in [2.24, 2.45) is 0 Å². The second-order valence-corrected chi connectivity index (χ2v) is 3.82. The van der Waals surface area contributed by atoms with Crippen molar-refractivity contribution in [1.29, 1.82) is 0 Å². The lowest BCUT2D eigenvalue weighted by molar-refractivity contribution is 0.784. The van der Waals surface area contributed by atoms with E-state index >= 15 is 0 Å². The third-order valence-corrected chi connectivity index (χ3v) is 2.76. The van der Waals surface area contributed by atoms with E-state index in [-0.39, 0.29) is 0 Å². The fraction of sp³-hybridized carbons (Fsp3) is 0.167. The molecule has 0 aliphatic carbocycles. The molecule has 0 unspecified atom stereocenters. The van der Waals surface area contributed by atoms with Gasteiger partial charge >= 0.3 is 0 Å². The predicted molar refractivity (Wildman–Crippen MR) is 68.6 cm³/mol. The highest BCUT2D eigenvalue weighted by molar-refractivity contribution is 5.78. The van der Waals surface area contributed by atoms with Crippen LogP contribution < -0.4 is 5.73 Å². The predicted octanol–water partition coefficient (Wildman–Crippen LogP) is 1.49. The van der Waals surface area contributed by atoms with Gasteiger partial charge in [-0.1, -0.05) is 0 Å². The van der Waals surface area contributed by atoms with Crippen LogP contribution >= 0.6 is 0 Å². The molecule has 0 saturated heterocycles.